The minimum Gasteiger partial charge on any atom is -0.383 e. The molecular weight excluding hydrogens is 236 g/mol. The van der Waals surface area contributed by atoms with Gasteiger partial charge in [0, 0.05) is 26.2 Å². The highest BCUT2D eigenvalue weighted by Gasteiger charge is 2.20. The van der Waals surface area contributed by atoms with E-state index in [-0.39, 0.29) is 0 Å². The van der Waals surface area contributed by atoms with E-state index in [0.717, 1.165) is 38.7 Å². The highest BCUT2D eigenvalue weighted by molar-refractivity contribution is 4.75. The Morgan fingerprint density at radius 2 is 1.58 bits per heavy atom. The summed E-state index contributed by atoms with van der Waals surface area (Å²) in [6.07, 6.45) is 0. The van der Waals surface area contributed by atoms with Crippen molar-refractivity contribution >= 4 is 0 Å². The SMILES string of the molecule is COCCN(CC(C)C)C(C)C(C)CNCC(C)C. The van der Waals surface area contributed by atoms with Gasteiger partial charge in [0.2, 0.25) is 0 Å². The van der Waals surface area contributed by atoms with Gasteiger partial charge in [-0.3, -0.25) is 4.90 Å². The molecule has 0 radical (unpaired) electrons. The van der Waals surface area contributed by atoms with E-state index in [1.807, 2.05) is 0 Å². The third-order valence-electron chi connectivity index (χ3n) is 3.60. The predicted octanol–water partition coefficient (Wildman–Crippen LogP) is 2.86. The van der Waals surface area contributed by atoms with E-state index in [9.17, 15) is 0 Å². The number of rotatable bonds is 11. The third-order valence-corrected chi connectivity index (χ3v) is 3.60. The second-order valence-electron chi connectivity index (χ2n) is 6.65. The summed E-state index contributed by atoms with van der Waals surface area (Å²) in [5.74, 6) is 2.09. The maximum atomic E-state index is 5.24. The van der Waals surface area contributed by atoms with Crippen LogP contribution in [-0.4, -0.2) is 50.8 Å². The Kier molecular flexibility index (Phi) is 10.6. The van der Waals surface area contributed by atoms with Crippen LogP contribution in [0.1, 0.15) is 41.5 Å². The molecule has 19 heavy (non-hydrogen) atoms. The molecule has 0 aromatic heterocycles. The van der Waals surface area contributed by atoms with Gasteiger partial charge in [0.1, 0.15) is 0 Å². The van der Waals surface area contributed by atoms with E-state index in [2.05, 4.69) is 51.8 Å². The van der Waals surface area contributed by atoms with Gasteiger partial charge in [-0.25, -0.2) is 0 Å². The Morgan fingerprint density at radius 1 is 0.947 bits per heavy atom. The summed E-state index contributed by atoms with van der Waals surface area (Å²) in [6.45, 7) is 19.0. The lowest BCUT2D eigenvalue weighted by atomic mass is 10.0. The maximum Gasteiger partial charge on any atom is 0.0589 e. The molecule has 0 aliphatic heterocycles. The standard InChI is InChI=1S/C16H36N2O/c1-13(2)10-17-11-15(5)16(6)18(8-9-19-7)12-14(3)4/h13-17H,8-12H2,1-7H3. The fourth-order valence-corrected chi connectivity index (χ4v) is 2.27. The minimum atomic E-state index is 0.595. The highest BCUT2D eigenvalue weighted by Crippen LogP contribution is 2.12. The second-order valence-corrected chi connectivity index (χ2v) is 6.65. The summed E-state index contributed by atoms with van der Waals surface area (Å²) < 4.78 is 5.24. The van der Waals surface area contributed by atoms with E-state index in [1.165, 1.54) is 0 Å². The first kappa shape index (κ1) is 18.9. The normalized spacial score (nSPS) is 15.5. The molecule has 1 N–H and O–H groups in total. The number of methoxy groups -OCH3 is 1. The molecule has 116 valence electrons. The summed E-state index contributed by atoms with van der Waals surface area (Å²) in [5, 5.41) is 3.57. The smallest absolute Gasteiger partial charge is 0.0589 e. The number of ether oxygens (including phenoxy) is 1. The first-order chi connectivity index (χ1) is 8.88. The van der Waals surface area contributed by atoms with Gasteiger partial charge in [-0.05, 0) is 37.8 Å². The Labute approximate surface area is 121 Å². The van der Waals surface area contributed by atoms with E-state index < -0.39 is 0 Å². The fraction of sp³-hybridized carbons (Fsp3) is 1.00. The first-order valence-corrected chi connectivity index (χ1v) is 7.82. The van der Waals surface area contributed by atoms with Gasteiger partial charge in [-0.15, -0.1) is 0 Å². The lowest BCUT2D eigenvalue weighted by Gasteiger charge is -2.34. The van der Waals surface area contributed by atoms with Crippen LogP contribution in [0.3, 0.4) is 0 Å². The zero-order valence-electron chi connectivity index (χ0n) is 14.2. The van der Waals surface area contributed by atoms with Crippen LogP contribution in [0.4, 0.5) is 0 Å². The fourth-order valence-electron chi connectivity index (χ4n) is 2.27. The van der Waals surface area contributed by atoms with Crippen molar-refractivity contribution in [1.82, 2.24) is 10.2 Å². The zero-order valence-corrected chi connectivity index (χ0v) is 14.2. The second kappa shape index (κ2) is 10.6. The Bertz CT molecular complexity index is 207. The van der Waals surface area contributed by atoms with Crippen molar-refractivity contribution in [3.8, 4) is 0 Å². The van der Waals surface area contributed by atoms with E-state index in [1.54, 1.807) is 7.11 Å². The zero-order chi connectivity index (χ0) is 14.8. The predicted molar refractivity (Wildman–Crippen MR) is 84.6 cm³/mol. The maximum absolute atomic E-state index is 5.24. The summed E-state index contributed by atoms with van der Waals surface area (Å²) >= 11 is 0. The molecule has 0 bridgehead atoms. The van der Waals surface area contributed by atoms with Crippen molar-refractivity contribution in [2.24, 2.45) is 17.8 Å². The lowest BCUT2D eigenvalue weighted by molar-refractivity contribution is 0.0940. The quantitative estimate of drug-likeness (QED) is 0.626. The van der Waals surface area contributed by atoms with Crippen LogP contribution in [0, 0.1) is 17.8 Å². The molecule has 0 aliphatic rings. The van der Waals surface area contributed by atoms with Gasteiger partial charge >= 0.3 is 0 Å². The van der Waals surface area contributed by atoms with Crippen LogP contribution in [0.2, 0.25) is 0 Å². The molecule has 0 aromatic carbocycles. The summed E-state index contributed by atoms with van der Waals surface area (Å²) in [7, 11) is 1.78. The monoisotopic (exact) mass is 272 g/mol. The molecule has 0 aromatic rings. The number of hydrogen-bond donors (Lipinski definition) is 1. The topological polar surface area (TPSA) is 24.5 Å². The van der Waals surface area contributed by atoms with Crippen molar-refractivity contribution in [2.75, 3.05) is 39.9 Å². The molecule has 3 nitrogen and oxygen atoms in total. The summed E-state index contributed by atoms with van der Waals surface area (Å²) in [5.41, 5.74) is 0. The molecule has 0 fully saturated rings. The minimum absolute atomic E-state index is 0.595. The average Bonchev–Trinajstić information content (AvgIpc) is 2.32. The molecule has 0 spiro atoms. The molecular formula is C16H36N2O. The van der Waals surface area contributed by atoms with Crippen LogP contribution in [0.15, 0.2) is 0 Å². The van der Waals surface area contributed by atoms with Gasteiger partial charge < -0.3 is 10.1 Å². The van der Waals surface area contributed by atoms with Gasteiger partial charge in [-0.2, -0.15) is 0 Å². The van der Waals surface area contributed by atoms with Crippen molar-refractivity contribution in [2.45, 2.75) is 47.6 Å². The molecule has 2 atom stereocenters. The van der Waals surface area contributed by atoms with E-state index in [0.29, 0.717) is 17.9 Å². The van der Waals surface area contributed by atoms with E-state index in [4.69, 9.17) is 4.74 Å². The van der Waals surface area contributed by atoms with Crippen molar-refractivity contribution in [3.63, 3.8) is 0 Å². The summed E-state index contributed by atoms with van der Waals surface area (Å²) in [4.78, 5) is 2.57. The highest BCUT2D eigenvalue weighted by atomic mass is 16.5. The Morgan fingerprint density at radius 3 is 2.05 bits per heavy atom. The van der Waals surface area contributed by atoms with Crippen LogP contribution in [0.5, 0.6) is 0 Å². The van der Waals surface area contributed by atoms with Crippen molar-refractivity contribution in [1.29, 1.82) is 0 Å². The van der Waals surface area contributed by atoms with Crippen LogP contribution >= 0.6 is 0 Å². The van der Waals surface area contributed by atoms with E-state index >= 15 is 0 Å². The molecule has 0 aliphatic carbocycles. The molecule has 0 amide bonds. The molecule has 0 saturated carbocycles. The molecule has 0 rings (SSSR count). The van der Waals surface area contributed by atoms with Gasteiger partial charge in [0.15, 0.2) is 0 Å². The molecule has 2 unspecified atom stereocenters. The molecule has 3 heteroatoms. The van der Waals surface area contributed by atoms with Gasteiger partial charge in [0.25, 0.3) is 0 Å². The van der Waals surface area contributed by atoms with Crippen LogP contribution < -0.4 is 5.32 Å². The first-order valence-electron chi connectivity index (χ1n) is 7.82. The van der Waals surface area contributed by atoms with Crippen LogP contribution in [-0.2, 0) is 4.74 Å². The number of nitrogens with zero attached hydrogens (tertiary/aromatic N) is 1. The Balaban J connectivity index is 4.21. The molecule has 0 saturated heterocycles. The average molecular weight is 272 g/mol. The molecule has 0 heterocycles. The number of hydrogen-bond acceptors (Lipinski definition) is 3. The van der Waals surface area contributed by atoms with Crippen molar-refractivity contribution < 1.29 is 4.74 Å². The third kappa shape index (κ3) is 9.42. The van der Waals surface area contributed by atoms with Crippen molar-refractivity contribution in [3.05, 3.63) is 0 Å². The van der Waals surface area contributed by atoms with Gasteiger partial charge in [-0.1, -0.05) is 34.6 Å². The largest absolute Gasteiger partial charge is 0.383 e. The van der Waals surface area contributed by atoms with Gasteiger partial charge in [0.05, 0.1) is 6.61 Å². The summed E-state index contributed by atoms with van der Waals surface area (Å²) in [6, 6.07) is 0.595. The number of nitrogens with one attached hydrogen (secondary N) is 1. The Hall–Kier alpha value is -0.120. The lowest BCUT2D eigenvalue weighted by Crippen LogP contribution is -2.44. The van der Waals surface area contributed by atoms with Crippen LogP contribution in [0.25, 0.3) is 0 Å².